The van der Waals surface area contributed by atoms with Crippen molar-refractivity contribution in [1.29, 1.82) is 0 Å². The molecule has 2 heteroatoms. The fraction of sp³-hybridized carbons (Fsp3) is 0.625. The summed E-state index contributed by atoms with van der Waals surface area (Å²) in [6, 6.07) is 8.61. The zero-order chi connectivity index (χ0) is 17.7. The Labute approximate surface area is 157 Å². The average molecular weight is 350 g/mol. The van der Waals surface area contributed by atoms with Gasteiger partial charge in [0.15, 0.2) is 0 Å². The molecule has 0 aromatic heterocycles. The smallest absolute Gasteiger partial charge is 0.251 e. The second-order valence-corrected chi connectivity index (χ2v) is 9.28. The molecule has 3 atom stereocenters. The van der Waals surface area contributed by atoms with Crippen molar-refractivity contribution in [3.8, 4) is 0 Å². The zero-order valence-electron chi connectivity index (χ0n) is 16.0. The van der Waals surface area contributed by atoms with Gasteiger partial charge < -0.3 is 5.32 Å². The third kappa shape index (κ3) is 2.41. The minimum atomic E-state index is 0.0699. The summed E-state index contributed by atoms with van der Waals surface area (Å²) in [6.45, 7) is 0. The number of hydrogen-bond donors (Lipinski definition) is 1. The number of carbonyl (C=O) groups is 1. The van der Waals surface area contributed by atoms with E-state index in [1.165, 1.54) is 68.9 Å². The number of amides is 1. The maximum absolute atomic E-state index is 12.4. The van der Waals surface area contributed by atoms with Gasteiger partial charge in [0.1, 0.15) is 0 Å². The second-order valence-electron chi connectivity index (χ2n) is 9.28. The standard InChI is InChI=1S/C24H31NO/c1-25-23(26)21-15-24(22-9-5-4-8-19(21)22)12-10-16(11-13-24)20-14-17-6-2-3-7-18(17)20/h4-5,8-9,15-18,20H,2-3,6-7,10-14H2,1H3,(H,25,26)/t16?,17?,18-,20?,24?/m1/s1. The second kappa shape index (κ2) is 6.25. The predicted molar refractivity (Wildman–Crippen MR) is 106 cm³/mol. The molecule has 3 fully saturated rings. The molecule has 5 rings (SSSR count). The van der Waals surface area contributed by atoms with Crippen molar-refractivity contribution in [3.63, 3.8) is 0 Å². The predicted octanol–water partition coefficient (Wildman–Crippen LogP) is 5.08. The van der Waals surface area contributed by atoms with Crippen molar-refractivity contribution < 1.29 is 4.79 Å². The topological polar surface area (TPSA) is 29.1 Å². The van der Waals surface area contributed by atoms with Crippen molar-refractivity contribution >= 4 is 11.5 Å². The van der Waals surface area contributed by atoms with Crippen molar-refractivity contribution in [2.75, 3.05) is 7.05 Å². The van der Waals surface area contributed by atoms with Gasteiger partial charge >= 0.3 is 0 Å². The third-order valence-corrected chi connectivity index (χ3v) is 8.27. The van der Waals surface area contributed by atoms with Crippen LogP contribution in [0.5, 0.6) is 0 Å². The molecule has 1 aromatic rings. The lowest BCUT2D eigenvalue weighted by molar-refractivity contribution is -0.115. The zero-order valence-corrected chi connectivity index (χ0v) is 16.0. The Hall–Kier alpha value is -1.57. The molecular weight excluding hydrogens is 318 g/mol. The number of carbonyl (C=O) groups excluding carboxylic acids is 1. The average Bonchev–Trinajstić information content (AvgIpc) is 2.98. The van der Waals surface area contributed by atoms with E-state index >= 15 is 0 Å². The summed E-state index contributed by atoms with van der Waals surface area (Å²) >= 11 is 0. The number of nitrogens with one attached hydrogen (secondary N) is 1. The lowest BCUT2D eigenvalue weighted by Gasteiger charge is -2.53. The minimum absolute atomic E-state index is 0.0699. The maximum Gasteiger partial charge on any atom is 0.251 e. The molecule has 0 aliphatic heterocycles. The van der Waals surface area contributed by atoms with E-state index in [4.69, 9.17) is 0 Å². The molecule has 1 N–H and O–H groups in total. The molecule has 1 spiro atoms. The van der Waals surface area contributed by atoms with E-state index in [1.54, 1.807) is 7.05 Å². The van der Waals surface area contributed by atoms with Gasteiger partial charge in [0, 0.05) is 18.0 Å². The Morgan fingerprint density at radius 2 is 1.77 bits per heavy atom. The fourth-order valence-electron chi connectivity index (χ4n) is 6.87. The van der Waals surface area contributed by atoms with Gasteiger partial charge in [-0.05, 0) is 73.3 Å². The Kier molecular flexibility index (Phi) is 3.99. The van der Waals surface area contributed by atoms with Gasteiger partial charge in [-0.15, -0.1) is 0 Å². The van der Waals surface area contributed by atoms with Crippen molar-refractivity contribution in [3.05, 3.63) is 41.5 Å². The van der Waals surface area contributed by atoms with E-state index in [0.29, 0.717) is 0 Å². The quantitative estimate of drug-likeness (QED) is 0.792. The van der Waals surface area contributed by atoms with Crippen LogP contribution in [0.25, 0.3) is 5.57 Å². The van der Waals surface area contributed by atoms with Crippen LogP contribution in [0.15, 0.2) is 30.3 Å². The van der Waals surface area contributed by atoms with Crippen LogP contribution in [0, 0.1) is 23.7 Å². The van der Waals surface area contributed by atoms with Gasteiger partial charge in [-0.2, -0.15) is 0 Å². The van der Waals surface area contributed by atoms with Crippen LogP contribution < -0.4 is 5.32 Å². The fourth-order valence-corrected chi connectivity index (χ4v) is 6.87. The van der Waals surface area contributed by atoms with Crippen molar-refractivity contribution in [1.82, 2.24) is 5.32 Å². The van der Waals surface area contributed by atoms with Gasteiger partial charge in [-0.25, -0.2) is 0 Å². The highest BCUT2D eigenvalue weighted by atomic mass is 16.1. The first-order chi connectivity index (χ1) is 12.7. The van der Waals surface area contributed by atoms with E-state index in [2.05, 4.69) is 35.7 Å². The first kappa shape index (κ1) is 16.6. The molecule has 1 amide bonds. The maximum atomic E-state index is 12.4. The van der Waals surface area contributed by atoms with Gasteiger partial charge in [-0.1, -0.05) is 49.6 Å². The molecule has 26 heavy (non-hydrogen) atoms. The molecule has 4 aliphatic rings. The number of allylic oxidation sites excluding steroid dienone is 1. The molecule has 4 aliphatic carbocycles. The van der Waals surface area contributed by atoms with Crippen LogP contribution in [-0.4, -0.2) is 13.0 Å². The van der Waals surface area contributed by atoms with Crippen LogP contribution in [0.3, 0.4) is 0 Å². The summed E-state index contributed by atoms with van der Waals surface area (Å²) in [6.07, 6.45) is 14.9. The van der Waals surface area contributed by atoms with Crippen LogP contribution in [0.4, 0.5) is 0 Å². The summed E-state index contributed by atoms with van der Waals surface area (Å²) in [7, 11) is 1.74. The van der Waals surface area contributed by atoms with Crippen LogP contribution in [0.1, 0.15) is 68.9 Å². The van der Waals surface area contributed by atoms with E-state index in [-0.39, 0.29) is 11.3 Å². The molecule has 0 saturated heterocycles. The number of rotatable bonds is 2. The van der Waals surface area contributed by atoms with Crippen molar-refractivity contribution in [2.45, 2.75) is 63.2 Å². The molecule has 0 bridgehead atoms. The third-order valence-electron chi connectivity index (χ3n) is 8.27. The summed E-state index contributed by atoms with van der Waals surface area (Å²) in [5.74, 6) is 4.13. The first-order valence-corrected chi connectivity index (χ1v) is 10.8. The van der Waals surface area contributed by atoms with E-state index in [0.717, 1.165) is 29.2 Å². The molecule has 0 radical (unpaired) electrons. The molecule has 1 aromatic carbocycles. The highest BCUT2D eigenvalue weighted by Gasteiger charge is 2.49. The van der Waals surface area contributed by atoms with E-state index in [1.807, 2.05) is 0 Å². The monoisotopic (exact) mass is 349 g/mol. The van der Waals surface area contributed by atoms with Gasteiger partial charge in [-0.3, -0.25) is 4.79 Å². The van der Waals surface area contributed by atoms with Crippen LogP contribution >= 0.6 is 0 Å². The molecule has 138 valence electrons. The van der Waals surface area contributed by atoms with Gasteiger partial charge in [0.05, 0.1) is 0 Å². The highest BCUT2D eigenvalue weighted by Crippen LogP contribution is 2.58. The number of benzene rings is 1. The Morgan fingerprint density at radius 1 is 1.00 bits per heavy atom. The largest absolute Gasteiger partial charge is 0.355 e. The molecule has 0 heterocycles. The minimum Gasteiger partial charge on any atom is -0.355 e. The van der Waals surface area contributed by atoms with Crippen LogP contribution in [-0.2, 0) is 10.2 Å². The SMILES string of the molecule is CNC(=O)C1=CC2(CCC(C3CC4CCCC[C@H]43)CC2)c2ccccc21. The lowest BCUT2D eigenvalue weighted by atomic mass is 9.52. The van der Waals surface area contributed by atoms with Crippen LogP contribution in [0.2, 0.25) is 0 Å². The first-order valence-electron chi connectivity index (χ1n) is 10.8. The Morgan fingerprint density at radius 3 is 2.54 bits per heavy atom. The lowest BCUT2D eigenvalue weighted by Crippen LogP contribution is -2.45. The summed E-state index contributed by atoms with van der Waals surface area (Å²) < 4.78 is 0. The molecule has 3 saturated carbocycles. The van der Waals surface area contributed by atoms with Gasteiger partial charge in [0.2, 0.25) is 0 Å². The normalized spacial score (nSPS) is 38.1. The van der Waals surface area contributed by atoms with Gasteiger partial charge in [0.25, 0.3) is 5.91 Å². The number of hydrogen-bond acceptors (Lipinski definition) is 1. The number of likely N-dealkylation sites (N-methyl/N-ethyl adjacent to an activating group) is 1. The molecule has 2 nitrogen and oxygen atoms in total. The van der Waals surface area contributed by atoms with E-state index in [9.17, 15) is 4.79 Å². The summed E-state index contributed by atoms with van der Waals surface area (Å²) in [4.78, 5) is 12.4. The molecular formula is C24H31NO. The summed E-state index contributed by atoms with van der Waals surface area (Å²) in [5.41, 5.74) is 3.59. The van der Waals surface area contributed by atoms with Crippen molar-refractivity contribution in [2.24, 2.45) is 23.7 Å². The van der Waals surface area contributed by atoms with E-state index < -0.39 is 0 Å². The summed E-state index contributed by atoms with van der Waals surface area (Å²) in [5, 5.41) is 2.84. The molecule has 2 unspecified atom stereocenters. The number of fused-ring (bicyclic) bond motifs is 3. The Balaban J connectivity index is 1.35. The highest BCUT2D eigenvalue weighted by molar-refractivity contribution is 6.21. The Bertz CT molecular complexity index is 740.